The van der Waals surface area contributed by atoms with Crippen LogP contribution in [-0.4, -0.2) is 17.7 Å². The van der Waals surface area contributed by atoms with E-state index >= 15 is 0 Å². The maximum Gasteiger partial charge on any atom is 0.422 e. The largest absolute Gasteiger partial charge is 0.455 e. The van der Waals surface area contributed by atoms with Crippen molar-refractivity contribution in [1.82, 2.24) is 0 Å². The summed E-state index contributed by atoms with van der Waals surface area (Å²) in [6, 6.07) is 0. The molecule has 4 bridgehead atoms. The third-order valence-corrected chi connectivity index (χ3v) is 6.03. The van der Waals surface area contributed by atoms with E-state index in [1.165, 1.54) is 6.42 Å². The van der Waals surface area contributed by atoms with E-state index in [1.807, 2.05) is 6.92 Å². The van der Waals surface area contributed by atoms with E-state index in [9.17, 15) is 18.0 Å². The Hall–Kier alpha value is -1.00. The fourth-order valence-corrected chi connectivity index (χ4v) is 5.35. The summed E-state index contributed by atoms with van der Waals surface area (Å²) in [6.07, 6.45) is 2.01. The lowest BCUT2D eigenvalue weighted by atomic mass is 9.49. The van der Waals surface area contributed by atoms with E-state index in [2.05, 4.69) is 6.58 Å². The molecule has 0 heterocycles. The lowest BCUT2D eigenvalue weighted by Gasteiger charge is -2.60. The molecule has 22 heavy (non-hydrogen) atoms. The fourth-order valence-electron chi connectivity index (χ4n) is 5.35. The number of hydrogen-bond donors (Lipinski definition) is 0. The van der Waals surface area contributed by atoms with Crippen LogP contribution in [-0.2, 0) is 9.53 Å². The molecule has 4 fully saturated rings. The van der Waals surface area contributed by atoms with Crippen LogP contribution in [0.1, 0.15) is 51.9 Å². The Labute approximate surface area is 129 Å². The molecule has 0 aliphatic heterocycles. The van der Waals surface area contributed by atoms with E-state index in [-0.39, 0.29) is 11.8 Å². The first-order valence-corrected chi connectivity index (χ1v) is 8.25. The average Bonchev–Trinajstić information content (AvgIpc) is 2.42. The van der Waals surface area contributed by atoms with Gasteiger partial charge in [-0.25, -0.2) is 4.79 Å². The first-order chi connectivity index (χ1) is 10.3. The van der Waals surface area contributed by atoms with Crippen molar-refractivity contribution in [1.29, 1.82) is 0 Å². The molecule has 0 atom stereocenters. The molecule has 0 spiro atoms. The van der Waals surface area contributed by atoms with E-state index in [4.69, 9.17) is 4.74 Å². The molecule has 0 unspecified atom stereocenters. The van der Waals surface area contributed by atoms with Crippen LogP contribution in [0, 0.1) is 23.7 Å². The molecule has 0 aromatic heterocycles. The number of ether oxygens (including phenoxy) is 1. The van der Waals surface area contributed by atoms with E-state index < -0.39 is 23.3 Å². The zero-order chi connectivity index (χ0) is 16.1. The van der Waals surface area contributed by atoms with Gasteiger partial charge in [0.05, 0.1) is 0 Å². The van der Waals surface area contributed by atoms with Crippen LogP contribution in [0.3, 0.4) is 0 Å². The van der Waals surface area contributed by atoms with Crippen molar-refractivity contribution in [3.05, 3.63) is 12.2 Å². The van der Waals surface area contributed by atoms with Gasteiger partial charge in [0.2, 0.25) is 0 Å². The second-order valence-electron chi connectivity index (χ2n) is 7.38. The van der Waals surface area contributed by atoms with Gasteiger partial charge in [-0.1, -0.05) is 19.9 Å². The highest BCUT2D eigenvalue weighted by atomic mass is 19.4. The smallest absolute Gasteiger partial charge is 0.422 e. The van der Waals surface area contributed by atoms with Gasteiger partial charge in [0.25, 0.3) is 0 Å². The number of hydrogen-bond acceptors (Lipinski definition) is 2. The number of esters is 1. The van der Waals surface area contributed by atoms with Crippen LogP contribution >= 0.6 is 0 Å². The van der Waals surface area contributed by atoms with E-state index in [1.54, 1.807) is 0 Å². The lowest BCUT2D eigenvalue weighted by molar-refractivity contribution is -0.213. The number of alkyl halides is 3. The molecule has 2 nitrogen and oxygen atoms in total. The van der Waals surface area contributed by atoms with Gasteiger partial charge in [0.1, 0.15) is 11.2 Å². The van der Waals surface area contributed by atoms with Gasteiger partial charge in [-0.2, -0.15) is 13.2 Å². The van der Waals surface area contributed by atoms with Crippen LogP contribution in [0.5, 0.6) is 0 Å². The SMILES string of the molecule is C=C(C(=O)OC1(CCC)C2CC3CC(C2)CC1C3)C(F)(F)F. The predicted molar refractivity (Wildman–Crippen MR) is 76.0 cm³/mol. The Morgan fingerprint density at radius 3 is 2.05 bits per heavy atom. The summed E-state index contributed by atoms with van der Waals surface area (Å²) in [5.74, 6) is 0.546. The average molecular weight is 316 g/mol. The van der Waals surface area contributed by atoms with Gasteiger partial charge in [-0.3, -0.25) is 0 Å². The van der Waals surface area contributed by atoms with Crippen molar-refractivity contribution < 1.29 is 22.7 Å². The minimum Gasteiger partial charge on any atom is -0.455 e. The summed E-state index contributed by atoms with van der Waals surface area (Å²) in [5, 5.41) is 0. The van der Waals surface area contributed by atoms with E-state index in [0.29, 0.717) is 18.3 Å². The molecule has 0 aromatic rings. The molecule has 0 radical (unpaired) electrons. The van der Waals surface area contributed by atoms with Crippen LogP contribution < -0.4 is 0 Å². The highest BCUT2D eigenvalue weighted by Crippen LogP contribution is 2.61. The van der Waals surface area contributed by atoms with Crippen LogP contribution in [0.15, 0.2) is 12.2 Å². The molecule has 124 valence electrons. The zero-order valence-electron chi connectivity index (χ0n) is 12.9. The number of rotatable bonds is 4. The van der Waals surface area contributed by atoms with Crippen LogP contribution in [0.4, 0.5) is 13.2 Å². The van der Waals surface area contributed by atoms with Crippen molar-refractivity contribution in [2.45, 2.75) is 63.6 Å². The number of carbonyl (C=O) groups excluding carboxylic acids is 1. The molecule has 0 N–H and O–H groups in total. The van der Waals surface area contributed by atoms with Crippen molar-refractivity contribution in [2.24, 2.45) is 23.7 Å². The Kier molecular flexibility index (Phi) is 3.81. The van der Waals surface area contributed by atoms with Crippen molar-refractivity contribution in [3.8, 4) is 0 Å². The third-order valence-electron chi connectivity index (χ3n) is 6.03. The zero-order valence-corrected chi connectivity index (χ0v) is 12.9. The minimum atomic E-state index is -4.71. The predicted octanol–water partition coefficient (Wildman–Crippen LogP) is 4.64. The summed E-state index contributed by atoms with van der Waals surface area (Å²) in [5.41, 5.74) is -2.07. The first-order valence-electron chi connectivity index (χ1n) is 8.25. The fraction of sp³-hybridized carbons (Fsp3) is 0.824. The number of carbonyl (C=O) groups is 1. The molecular formula is C17H23F3O2. The second kappa shape index (κ2) is 5.27. The summed E-state index contributed by atoms with van der Waals surface area (Å²) in [6.45, 7) is 4.90. The molecule has 0 amide bonds. The Morgan fingerprint density at radius 1 is 1.14 bits per heavy atom. The third kappa shape index (κ3) is 2.46. The molecule has 4 aliphatic carbocycles. The monoisotopic (exact) mass is 316 g/mol. The lowest BCUT2D eigenvalue weighted by Crippen LogP contribution is -2.59. The Morgan fingerprint density at radius 2 is 1.64 bits per heavy atom. The maximum absolute atomic E-state index is 12.7. The summed E-state index contributed by atoms with van der Waals surface area (Å²) < 4.78 is 43.8. The van der Waals surface area contributed by atoms with Gasteiger partial charge >= 0.3 is 12.1 Å². The molecule has 4 saturated carbocycles. The minimum absolute atomic E-state index is 0.230. The summed E-state index contributed by atoms with van der Waals surface area (Å²) >= 11 is 0. The second-order valence-corrected chi connectivity index (χ2v) is 7.38. The standard InChI is InChI=1S/C17H23F3O2/c1-3-4-16(22-15(21)10(2)17(18,19)20)13-6-11-5-12(8-13)9-14(16)7-11/h11-14H,2-9H2,1H3. The van der Waals surface area contributed by atoms with Gasteiger partial charge < -0.3 is 4.74 Å². The van der Waals surface area contributed by atoms with Crippen molar-refractivity contribution in [3.63, 3.8) is 0 Å². The topological polar surface area (TPSA) is 26.3 Å². The van der Waals surface area contributed by atoms with Crippen molar-refractivity contribution >= 4 is 5.97 Å². The van der Waals surface area contributed by atoms with Gasteiger partial charge in [-0.15, -0.1) is 0 Å². The Bertz CT molecular complexity index is 453. The molecule has 4 rings (SSSR count). The molecule has 0 aromatic carbocycles. The van der Waals surface area contributed by atoms with Crippen LogP contribution in [0.2, 0.25) is 0 Å². The molecular weight excluding hydrogens is 293 g/mol. The van der Waals surface area contributed by atoms with E-state index in [0.717, 1.165) is 32.1 Å². The highest BCUT2D eigenvalue weighted by Gasteiger charge is 2.59. The quantitative estimate of drug-likeness (QED) is 0.558. The van der Waals surface area contributed by atoms with Gasteiger partial charge in [0.15, 0.2) is 0 Å². The Balaban J connectivity index is 1.84. The van der Waals surface area contributed by atoms with Crippen LogP contribution in [0.25, 0.3) is 0 Å². The normalized spacial score (nSPS) is 39.8. The molecule has 4 aliphatic rings. The van der Waals surface area contributed by atoms with Gasteiger partial charge in [-0.05, 0) is 62.2 Å². The van der Waals surface area contributed by atoms with Crippen molar-refractivity contribution in [2.75, 3.05) is 0 Å². The maximum atomic E-state index is 12.7. The molecule has 0 saturated heterocycles. The summed E-state index contributed by atoms with van der Waals surface area (Å²) in [4.78, 5) is 12.0. The highest BCUT2D eigenvalue weighted by molar-refractivity contribution is 5.89. The molecule has 5 heteroatoms. The summed E-state index contributed by atoms with van der Waals surface area (Å²) in [7, 11) is 0. The first kappa shape index (κ1) is 15.9. The number of halogens is 3. The van der Waals surface area contributed by atoms with Gasteiger partial charge in [0, 0.05) is 0 Å².